The largest absolute Gasteiger partial charge is 0.369 e. The third-order valence-corrected chi connectivity index (χ3v) is 5.00. The maximum absolute atomic E-state index is 12.5. The van der Waals surface area contributed by atoms with Crippen LogP contribution in [-0.2, 0) is 9.59 Å². The summed E-state index contributed by atoms with van der Waals surface area (Å²) in [5.41, 5.74) is 3.86. The number of aryl methyl sites for hydroxylation is 1. The second-order valence-electron chi connectivity index (χ2n) is 8.02. The monoisotopic (exact) mass is 409 g/mol. The summed E-state index contributed by atoms with van der Waals surface area (Å²) in [6, 6.07) is 15.8. The van der Waals surface area contributed by atoms with Crippen molar-refractivity contribution >= 4 is 28.9 Å². The summed E-state index contributed by atoms with van der Waals surface area (Å²) >= 11 is 0. The van der Waals surface area contributed by atoms with E-state index >= 15 is 0 Å². The van der Waals surface area contributed by atoms with Gasteiger partial charge in [-0.3, -0.25) is 14.5 Å². The topological polar surface area (TPSA) is 67.9 Å². The van der Waals surface area contributed by atoms with Gasteiger partial charge in [0.1, 0.15) is 0 Å². The highest BCUT2D eigenvalue weighted by molar-refractivity contribution is 5.95. The first-order chi connectivity index (χ1) is 14.4. The molecule has 160 valence electrons. The highest BCUT2D eigenvalue weighted by Gasteiger charge is 2.19. The van der Waals surface area contributed by atoms with Crippen LogP contribution in [0.25, 0.3) is 0 Å². The minimum absolute atomic E-state index is 0.0456. The molecular weight excluding hydrogens is 378 g/mol. The van der Waals surface area contributed by atoms with E-state index in [-0.39, 0.29) is 11.8 Å². The lowest BCUT2D eigenvalue weighted by Gasteiger charge is -2.35. The second-order valence-corrected chi connectivity index (χ2v) is 8.02. The number of amides is 2. The predicted molar refractivity (Wildman–Crippen MR) is 122 cm³/mol. The molecule has 1 heterocycles. The lowest BCUT2D eigenvalue weighted by molar-refractivity contribution is -0.117. The summed E-state index contributed by atoms with van der Waals surface area (Å²) in [7, 11) is 3.69. The molecule has 2 amide bonds. The molecular formula is C23H31N5O2. The van der Waals surface area contributed by atoms with Crippen LogP contribution in [0.4, 0.5) is 17.1 Å². The van der Waals surface area contributed by atoms with Crippen molar-refractivity contribution in [2.24, 2.45) is 0 Å². The number of anilines is 3. The summed E-state index contributed by atoms with van der Waals surface area (Å²) in [5.74, 6) is -0.134. The Kier molecular flexibility index (Phi) is 7.43. The molecule has 0 aliphatic carbocycles. The van der Waals surface area contributed by atoms with Gasteiger partial charge in [-0.05, 0) is 56.9 Å². The Bertz CT molecular complexity index is 875. The molecule has 0 atom stereocenters. The van der Waals surface area contributed by atoms with E-state index in [2.05, 4.69) is 51.6 Å². The van der Waals surface area contributed by atoms with E-state index in [9.17, 15) is 9.59 Å². The molecule has 2 N–H and O–H groups in total. The molecule has 2 aromatic rings. The zero-order valence-corrected chi connectivity index (χ0v) is 18.0. The summed E-state index contributed by atoms with van der Waals surface area (Å²) in [6.45, 7) is 6.29. The quantitative estimate of drug-likeness (QED) is 0.734. The molecule has 1 aliphatic heterocycles. The van der Waals surface area contributed by atoms with Gasteiger partial charge in [0.15, 0.2) is 0 Å². The highest BCUT2D eigenvalue weighted by Crippen LogP contribution is 2.18. The summed E-state index contributed by atoms with van der Waals surface area (Å²) in [6.07, 6.45) is 0. The van der Waals surface area contributed by atoms with Crippen molar-refractivity contribution in [3.05, 3.63) is 54.1 Å². The smallest absolute Gasteiger partial charge is 0.238 e. The molecule has 1 aliphatic rings. The number of piperazine rings is 1. The van der Waals surface area contributed by atoms with E-state index in [1.807, 2.05) is 32.3 Å². The number of hydrogen-bond acceptors (Lipinski definition) is 5. The van der Waals surface area contributed by atoms with Gasteiger partial charge in [-0.2, -0.15) is 0 Å². The number of carbonyl (C=O) groups is 2. The van der Waals surface area contributed by atoms with Crippen molar-refractivity contribution < 1.29 is 9.59 Å². The number of rotatable bonds is 7. The summed E-state index contributed by atoms with van der Waals surface area (Å²) < 4.78 is 0. The molecule has 1 fully saturated rings. The fourth-order valence-electron chi connectivity index (χ4n) is 3.55. The molecule has 0 unspecified atom stereocenters. The van der Waals surface area contributed by atoms with Gasteiger partial charge in [-0.25, -0.2) is 0 Å². The first-order valence-electron chi connectivity index (χ1n) is 10.3. The number of nitrogens with zero attached hydrogens (tertiary/aromatic N) is 3. The van der Waals surface area contributed by atoms with Gasteiger partial charge in [-0.1, -0.05) is 18.2 Å². The molecule has 7 heteroatoms. The van der Waals surface area contributed by atoms with Crippen molar-refractivity contribution in [2.45, 2.75) is 6.92 Å². The van der Waals surface area contributed by atoms with Crippen molar-refractivity contribution in [1.29, 1.82) is 0 Å². The zero-order chi connectivity index (χ0) is 21.5. The third-order valence-electron chi connectivity index (χ3n) is 5.00. The van der Waals surface area contributed by atoms with Crippen LogP contribution >= 0.6 is 0 Å². The number of carbonyl (C=O) groups excluding carboxylic acids is 2. The van der Waals surface area contributed by atoms with Gasteiger partial charge in [0, 0.05) is 43.2 Å². The van der Waals surface area contributed by atoms with Gasteiger partial charge in [-0.15, -0.1) is 0 Å². The van der Waals surface area contributed by atoms with Crippen LogP contribution in [0.15, 0.2) is 48.5 Å². The molecule has 0 saturated carbocycles. The molecule has 0 aromatic heterocycles. The minimum atomic E-state index is -0.0880. The molecule has 2 aromatic carbocycles. The average Bonchev–Trinajstić information content (AvgIpc) is 2.68. The van der Waals surface area contributed by atoms with Crippen LogP contribution in [0.5, 0.6) is 0 Å². The first-order valence-corrected chi connectivity index (χ1v) is 10.3. The van der Waals surface area contributed by atoms with Gasteiger partial charge < -0.3 is 20.4 Å². The highest BCUT2D eigenvalue weighted by atomic mass is 16.2. The normalized spacial score (nSPS) is 14.6. The molecule has 30 heavy (non-hydrogen) atoms. The van der Waals surface area contributed by atoms with Gasteiger partial charge in [0.2, 0.25) is 11.8 Å². The minimum Gasteiger partial charge on any atom is -0.369 e. The maximum atomic E-state index is 12.5. The van der Waals surface area contributed by atoms with Crippen molar-refractivity contribution in [2.75, 3.05) is 68.9 Å². The Balaban J connectivity index is 1.47. The second kappa shape index (κ2) is 10.2. The molecule has 0 bridgehead atoms. The van der Waals surface area contributed by atoms with Crippen LogP contribution in [0.2, 0.25) is 0 Å². The van der Waals surface area contributed by atoms with Crippen molar-refractivity contribution in [3.8, 4) is 0 Å². The van der Waals surface area contributed by atoms with E-state index in [1.165, 1.54) is 11.3 Å². The fourth-order valence-corrected chi connectivity index (χ4v) is 3.55. The van der Waals surface area contributed by atoms with Gasteiger partial charge in [0.25, 0.3) is 0 Å². The molecule has 1 saturated heterocycles. The summed E-state index contributed by atoms with van der Waals surface area (Å²) in [5, 5.41) is 5.78. The van der Waals surface area contributed by atoms with Crippen LogP contribution in [0.3, 0.4) is 0 Å². The van der Waals surface area contributed by atoms with E-state index in [0.29, 0.717) is 24.5 Å². The number of nitrogens with one attached hydrogen (secondary N) is 2. The van der Waals surface area contributed by atoms with E-state index in [4.69, 9.17) is 0 Å². The summed E-state index contributed by atoms with van der Waals surface area (Å²) in [4.78, 5) is 30.7. The Morgan fingerprint density at radius 1 is 0.900 bits per heavy atom. The van der Waals surface area contributed by atoms with Crippen LogP contribution in [-0.4, -0.2) is 75.0 Å². The number of likely N-dealkylation sites (N-methyl/N-ethyl adjacent to an activating group) is 1. The molecule has 0 radical (unpaired) electrons. The Hall–Kier alpha value is -2.90. The Morgan fingerprint density at radius 2 is 1.53 bits per heavy atom. The van der Waals surface area contributed by atoms with Crippen molar-refractivity contribution in [1.82, 2.24) is 9.80 Å². The maximum Gasteiger partial charge on any atom is 0.238 e. The van der Waals surface area contributed by atoms with Crippen LogP contribution in [0, 0.1) is 6.92 Å². The van der Waals surface area contributed by atoms with Gasteiger partial charge in [0.05, 0.1) is 13.1 Å². The predicted octanol–water partition coefficient (Wildman–Crippen LogP) is 2.26. The molecule has 0 spiro atoms. The Labute approximate surface area is 178 Å². The first kappa shape index (κ1) is 21.8. The number of benzene rings is 2. The fraction of sp³-hybridized carbons (Fsp3) is 0.391. The average molecular weight is 410 g/mol. The molecule has 3 rings (SSSR count). The lowest BCUT2D eigenvalue weighted by atomic mass is 10.2. The van der Waals surface area contributed by atoms with Crippen LogP contribution < -0.4 is 15.5 Å². The lowest BCUT2D eigenvalue weighted by Crippen LogP contribution is -2.48. The van der Waals surface area contributed by atoms with Crippen LogP contribution in [0.1, 0.15) is 5.56 Å². The molecule has 7 nitrogen and oxygen atoms in total. The van der Waals surface area contributed by atoms with E-state index in [0.717, 1.165) is 26.2 Å². The Morgan fingerprint density at radius 3 is 2.17 bits per heavy atom. The zero-order valence-electron chi connectivity index (χ0n) is 18.0. The van der Waals surface area contributed by atoms with E-state index in [1.54, 1.807) is 11.0 Å². The SMILES string of the molecule is Cc1cccc(N2CCN(CC(=O)Nc3cccc(NC(=O)CN(C)C)c3)CC2)c1. The standard InChI is InChI=1S/C23H31N5O2/c1-18-6-4-9-21(14-18)28-12-10-27(11-13-28)17-23(30)25-20-8-5-7-19(15-20)24-22(29)16-26(2)3/h4-9,14-15H,10-13,16-17H2,1-3H3,(H,24,29)(H,25,30). The number of hydrogen-bond donors (Lipinski definition) is 2. The van der Waals surface area contributed by atoms with Crippen molar-refractivity contribution in [3.63, 3.8) is 0 Å². The van der Waals surface area contributed by atoms with Gasteiger partial charge >= 0.3 is 0 Å². The third kappa shape index (κ3) is 6.57. The van der Waals surface area contributed by atoms with E-state index < -0.39 is 0 Å².